The second kappa shape index (κ2) is 5.01. The summed E-state index contributed by atoms with van der Waals surface area (Å²) in [4.78, 5) is 4.01. The molecule has 0 heterocycles. The molecule has 0 fully saturated rings. The maximum atomic E-state index is 8.31. The molecule has 0 aliphatic heterocycles. The minimum atomic E-state index is 0.106. The van der Waals surface area contributed by atoms with Gasteiger partial charge in [0.15, 0.2) is 6.19 Å². The highest BCUT2D eigenvalue weighted by atomic mass is 15.1. The van der Waals surface area contributed by atoms with E-state index in [1.807, 2.05) is 24.3 Å². The number of guanidine groups is 1. The molecule has 0 spiro atoms. The van der Waals surface area contributed by atoms with Gasteiger partial charge in [0.05, 0.1) is 5.69 Å². The second-order valence-electron chi connectivity index (χ2n) is 3.48. The van der Waals surface area contributed by atoms with E-state index >= 15 is 0 Å². The lowest BCUT2D eigenvalue weighted by molar-refractivity contribution is 0.867. The largest absolute Gasteiger partial charge is 0.369 e. The minimum Gasteiger partial charge on any atom is -0.369 e. The molecule has 3 N–H and O–H groups in total. The molecule has 0 atom stereocenters. The van der Waals surface area contributed by atoms with Crippen LogP contribution in [0, 0.1) is 11.5 Å². The van der Waals surface area contributed by atoms with Gasteiger partial charge in [-0.3, -0.25) is 5.32 Å². The van der Waals surface area contributed by atoms with Gasteiger partial charge < -0.3 is 5.73 Å². The lowest BCUT2D eigenvalue weighted by atomic mass is 10.0. The third kappa shape index (κ3) is 3.31. The summed E-state index contributed by atoms with van der Waals surface area (Å²) >= 11 is 0. The van der Waals surface area contributed by atoms with Crippen LogP contribution in [0.2, 0.25) is 0 Å². The Hall–Kier alpha value is -2.02. The number of hydrogen-bond acceptors (Lipinski definition) is 2. The molecule has 0 bridgehead atoms. The van der Waals surface area contributed by atoms with Gasteiger partial charge in [-0.2, -0.15) is 5.26 Å². The van der Waals surface area contributed by atoms with Gasteiger partial charge >= 0.3 is 0 Å². The first-order valence-electron chi connectivity index (χ1n) is 4.72. The van der Waals surface area contributed by atoms with E-state index in [9.17, 15) is 0 Å². The zero-order valence-corrected chi connectivity index (χ0v) is 8.86. The third-order valence-corrected chi connectivity index (χ3v) is 1.99. The molecule has 0 aliphatic rings. The maximum absolute atomic E-state index is 8.31. The van der Waals surface area contributed by atoms with Gasteiger partial charge in [0.25, 0.3) is 0 Å². The van der Waals surface area contributed by atoms with Crippen LogP contribution < -0.4 is 11.1 Å². The van der Waals surface area contributed by atoms with Crippen LogP contribution in [0.25, 0.3) is 0 Å². The predicted octanol–water partition coefficient (Wildman–Crippen LogP) is 1.83. The standard InChI is InChI=1S/C11H14N4/c1-8(2)9-3-5-10(6-4-9)15-11(13)14-7-12/h3-6,8H,1-2H3,(H3,13,14,15). The number of benzene rings is 1. The second-order valence-corrected chi connectivity index (χ2v) is 3.48. The molecule has 4 nitrogen and oxygen atoms in total. The summed E-state index contributed by atoms with van der Waals surface area (Å²) in [5.74, 6) is 0.604. The Balaban J connectivity index is 2.81. The summed E-state index contributed by atoms with van der Waals surface area (Å²) in [5.41, 5.74) is 7.42. The topological polar surface area (TPSA) is 74.2 Å². The Morgan fingerprint density at radius 2 is 2.00 bits per heavy atom. The van der Waals surface area contributed by atoms with Crippen molar-refractivity contribution in [2.45, 2.75) is 19.8 Å². The molecular weight excluding hydrogens is 188 g/mol. The molecule has 0 saturated heterocycles. The van der Waals surface area contributed by atoms with Gasteiger partial charge in [-0.25, -0.2) is 4.99 Å². The van der Waals surface area contributed by atoms with Crippen molar-refractivity contribution < 1.29 is 0 Å². The summed E-state index contributed by atoms with van der Waals surface area (Å²) < 4.78 is 0. The van der Waals surface area contributed by atoms with Gasteiger partial charge in [-0.15, -0.1) is 0 Å². The number of hydrogen-bond donors (Lipinski definition) is 2. The first-order valence-corrected chi connectivity index (χ1v) is 4.72. The van der Waals surface area contributed by atoms with Crippen LogP contribution in [-0.2, 0) is 0 Å². The highest BCUT2D eigenvalue weighted by molar-refractivity contribution is 5.82. The van der Waals surface area contributed by atoms with Crippen LogP contribution in [0.3, 0.4) is 0 Å². The van der Waals surface area contributed by atoms with E-state index in [-0.39, 0.29) is 5.96 Å². The Bertz CT molecular complexity index is 384. The molecule has 0 saturated carbocycles. The molecule has 1 aromatic carbocycles. The molecule has 0 unspecified atom stereocenters. The Labute approximate surface area is 89.4 Å². The summed E-state index contributed by atoms with van der Waals surface area (Å²) in [6.45, 7) is 4.26. The van der Waals surface area contributed by atoms with Crippen LogP contribution in [-0.4, -0.2) is 5.96 Å². The fraction of sp³-hybridized carbons (Fsp3) is 0.273. The number of nitriles is 1. The monoisotopic (exact) mass is 202 g/mol. The van der Waals surface area contributed by atoms with Crippen LogP contribution in [0.1, 0.15) is 25.3 Å². The molecule has 1 aromatic rings. The summed E-state index contributed by atoms with van der Waals surface area (Å²) in [7, 11) is 0. The van der Waals surface area contributed by atoms with Crippen molar-refractivity contribution in [3.05, 3.63) is 29.8 Å². The summed E-state index contributed by atoms with van der Waals surface area (Å²) in [6, 6.07) is 7.76. The van der Waals surface area contributed by atoms with Gasteiger partial charge in [-0.1, -0.05) is 26.0 Å². The van der Waals surface area contributed by atoms with E-state index < -0.39 is 0 Å². The fourth-order valence-electron chi connectivity index (χ4n) is 1.16. The van der Waals surface area contributed by atoms with Crippen LogP contribution in [0.4, 0.5) is 5.69 Å². The minimum absolute atomic E-state index is 0.106. The quantitative estimate of drug-likeness (QED) is 0.332. The van der Waals surface area contributed by atoms with E-state index in [0.29, 0.717) is 5.92 Å². The Morgan fingerprint density at radius 3 is 2.47 bits per heavy atom. The van der Waals surface area contributed by atoms with Gasteiger partial charge in [0.1, 0.15) is 0 Å². The number of nitrogens with two attached hydrogens (primary N) is 1. The van der Waals surface area contributed by atoms with Crippen LogP contribution >= 0.6 is 0 Å². The average molecular weight is 202 g/mol. The Kier molecular flexibility index (Phi) is 3.69. The Morgan fingerprint density at radius 1 is 1.40 bits per heavy atom. The van der Waals surface area contributed by atoms with Gasteiger partial charge in [0, 0.05) is 0 Å². The third-order valence-electron chi connectivity index (χ3n) is 1.99. The number of nitrogens with zero attached hydrogens (tertiary/aromatic N) is 2. The van der Waals surface area contributed by atoms with E-state index in [1.54, 1.807) is 6.19 Å². The number of nitrogens with one attached hydrogen (secondary N) is 1. The van der Waals surface area contributed by atoms with Crippen molar-refractivity contribution in [3.63, 3.8) is 0 Å². The number of rotatable bonds is 2. The molecule has 0 amide bonds. The zero-order chi connectivity index (χ0) is 11.3. The molecule has 1 rings (SSSR count). The fourth-order valence-corrected chi connectivity index (χ4v) is 1.16. The summed E-state index contributed by atoms with van der Waals surface area (Å²) in [5, 5.41) is 10.6. The van der Waals surface area contributed by atoms with Crippen molar-refractivity contribution in [1.29, 1.82) is 5.26 Å². The van der Waals surface area contributed by atoms with Crippen molar-refractivity contribution >= 4 is 11.6 Å². The maximum Gasteiger partial charge on any atom is 0.207 e. The van der Waals surface area contributed by atoms with Crippen molar-refractivity contribution in [2.24, 2.45) is 10.7 Å². The van der Waals surface area contributed by atoms with Crippen molar-refractivity contribution in [2.75, 3.05) is 0 Å². The lowest BCUT2D eigenvalue weighted by Gasteiger charge is -2.04. The van der Waals surface area contributed by atoms with Crippen molar-refractivity contribution in [1.82, 2.24) is 5.32 Å². The zero-order valence-electron chi connectivity index (χ0n) is 8.86. The van der Waals surface area contributed by atoms with Crippen molar-refractivity contribution in [3.8, 4) is 6.19 Å². The SMILES string of the molecule is CC(C)c1ccc(N=C(N)NC#N)cc1. The molecule has 0 aromatic heterocycles. The smallest absolute Gasteiger partial charge is 0.207 e. The average Bonchev–Trinajstić information content (AvgIpc) is 2.18. The van der Waals surface area contributed by atoms with Crippen LogP contribution in [0.15, 0.2) is 29.3 Å². The number of aliphatic imine (C=N–C) groups is 1. The molecule has 15 heavy (non-hydrogen) atoms. The van der Waals surface area contributed by atoms with E-state index in [1.165, 1.54) is 5.56 Å². The first-order chi connectivity index (χ1) is 7.13. The molecular formula is C11H14N4. The molecule has 0 aliphatic carbocycles. The molecule has 4 heteroatoms. The van der Waals surface area contributed by atoms with Crippen LogP contribution in [0.5, 0.6) is 0 Å². The highest BCUT2D eigenvalue weighted by Gasteiger charge is 1.98. The van der Waals surface area contributed by atoms with E-state index in [2.05, 4.69) is 24.2 Å². The lowest BCUT2D eigenvalue weighted by Crippen LogP contribution is -2.26. The molecule has 0 radical (unpaired) electrons. The predicted molar refractivity (Wildman–Crippen MR) is 60.6 cm³/mol. The van der Waals surface area contributed by atoms with Gasteiger partial charge in [-0.05, 0) is 23.6 Å². The molecule has 78 valence electrons. The highest BCUT2D eigenvalue weighted by Crippen LogP contribution is 2.18. The van der Waals surface area contributed by atoms with E-state index in [4.69, 9.17) is 11.0 Å². The van der Waals surface area contributed by atoms with Gasteiger partial charge in [0.2, 0.25) is 5.96 Å². The first kappa shape index (κ1) is 11.1. The normalized spacial score (nSPS) is 11.2. The van der Waals surface area contributed by atoms with E-state index in [0.717, 1.165) is 5.69 Å². The summed E-state index contributed by atoms with van der Waals surface area (Å²) in [6.07, 6.45) is 1.71.